The van der Waals surface area contributed by atoms with Crippen molar-refractivity contribution in [3.63, 3.8) is 0 Å². The summed E-state index contributed by atoms with van der Waals surface area (Å²) in [5.74, 6) is -1.93. The summed E-state index contributed by atoms with van der Waals surface area (Å²) in [4.78, 5) is 15.3. The van der Waals surface area contributed by atoms with Crippen LogP contribution in [0, 0.1) is 23.1 Å². The van der Waals surface area contributed by atoms with E-state index in [2.05, 4.69) is 10.1 Å². The van der Waals surface area contributed by atoms with Gasteiger partial charge in [0.1, 0.15) is 42.8 Å². The first kappa shape index (κ1) is 19.0. The highest BCUT2D eigenvalue weighted by atomic mass is 19.1. The molecule has 0 radical (unpaired) electrons. The molecule has 0 spiro atoms. The van der Waals surface area contributed by atoms with Gasteiger partial charge in [0.05, 0.1) is 11.6 Å². The summed E-state index contributed by atoms with van der Waals surface area (Å²) >= 11 is 0. The van der Waals surface area contributed by atoms with Gasteiger partial charge in [0, 0.05) is 6.07 Å². The van der Waals surface area contributed by atoms with Crippen molar-refractivity contribution in [1.82, 2.24) is 14.6 Å². The molecular formula is C16H18FN5O5. The van der Waals surface area contributed by atoms with Crippen LogP contribution in [0.1, 0.15) is 19.5 Å². The Kier molecular flexibility index (Phi) is 4.73. The van der Waals surface area contributed by atoms with E-state index in [9.17, 15) is 24.7 Å². The summed E-state index contributed by atoms with van der Waals surface area (Å²) < 4.78 is 25.9. The Bertz CT molecular complexity index is 926. The molecule has 0 amide bonds. The van der Waals surface area contributed by atoms with Gasteiger partial charge in [-0.2, -0.15) is 10.4 Å². The number of esters is 1. The normalized spacial score (nSPS) is 27.8. The lowest BCUT2D eigenvalue weighted by atomic mass is 9.92. The maximum atomic E-state index is 14.3. The number of fused-ring (bicyclic) bond motifs is 1. The molecule has 1 aliphatic rings. The van der Waals surface area contributed by atoms with E-state index in [1.165, 1.54) is 0 Å². The van der Waals surface area contributed by atoms with E-state index < -0.39 is 41.6 Å². The second kappa shape index (κ2) is 6.73. The zero-order valence-electron chi connectivity index (χ0n) is 14.5. The Balaban J connectivity index is 2.00. The van der Waals surface area contributed by atoms with E-state index in [1.54, 1.807) is 19.9 Å². The molecule has 0 aliphatic carbocycles. The van der Waals surface area contributed by atoms with Crippen LogP contribution in [0.4, 0.5) is 10.2 Å². The number of nitriles is 1. The van der Waals surface area contributed by atoms with Crippen molar-refractivity contribution in [3.05, 3.63) is 23.9 Å². The number of ether oxygens (including phenoxy) is 2. The average Bonchev–Trinajstić information content (AvgIpc) is 3.10. The van der Waals surface area contributed by atoms with Crippen LogP contribution in [0.3, 0.4) is 0 Å². The Morgan fingerprint density at radius 1 is 1.59 bits per heavy atom. The van der Waals surface area contributed by atoms with Gasteiger partial charge in [0.25, 0.3) is 0 Å². The molecule has 10 nitrogen and oxygen atoms in total. The zero-order valence-corrected chi connectivity index (χ0v) is 14.5. The third kappa shape index (κ3) is 2.87. The van der Waals surface area contributed by atoms with Crippen molar-refractivity contribution >= 4 is 17.3 Å². The first-order chi connectivity index (χ1) is 12.7. The maximum Gasteiger partial charge on any atom is 0.308 e. The Morgan fingerprint density at radius 3 is 2.93 bits per heavy atom. The number of anilines is 1. The third-order valence-corrected chi connectivity index (χ3v) is 4.40. The SMILES string of the molecule is CC(C)C(=O)OC[C@H]1O[C@@](C#N)(c2cc(F)c3c(N)ncnn23)[C@H](O)[C@@H]1O. The molecule has 1 aliphatic heterocycles. The van der Waals surface area contributed by atoms with Crippen molar-refractivity contribution in [2.24, 2.45) is 5.92 Å². The highest BCUT2D eigenvalue weighted by Gasteiger charge is 2.58. The van der Waals surface area contributed by atoms with Gasteiger partial charge in [-0.05, 0) is 0 Å². The summed E-state index contributed by atoms with van der Waals surface area (Å²) in [6.45, 7) is 2.87. The highest BCUT2D eigenvalue weighted by Crippen LogP contribution is 2.41. The number of aliphatic hydroxyl groups excluding tert-OH is 2. The lowest BCUT2D eigenvalue weighted by Gasteiger charge is -2.24. The molecule has 144 valence electrons. The number of hydrogen-bond donors (Lipinski definition) is 3. The molecule has 2 aromatic rings. The second-order valence-electron chi connectivity index (χ2n) is 6.51. The number of aromatic nitrogens is 3. The van der Waals surface area contributed by atoms with Gasteiger partial charge in [0.2, 0.25) is 5.60 Å². The van der Waals surface area contributed by atoms with E-state index in [0.29, 0.717) is 0 Å². The van der Waals surface area contributed by atoms with Crippen molar-refractivity contribution < 1.29 is 28.9 Å². The number of nitrogens with zero attached hydrogens (tertiary/aromatic N) is 4. The molecule has 0 unspecified atom stereocenters. The van der Waals surface area contributed by atoms with Crippen molar-refractivity contribution in [2.45, 2.75) is 37.8 Å². The van der Waals surface area contributed by atoms with E-state index in [0.717, 1.165) is 16.9 Å². The van der Waals surface area contributed by atoms with Crippen LogP contribution < -0.4 is 5.73 Å². The number of carbonyl (C=O) groups excluding carboxylic acids is 1. The van der Waals surface area contributed by atoms with E-state index in [4.69, 9.17) is 15.2 Å². The molecule has 4 N–H and O–H groups in total. The first-order valence-corrected chi connectivity index (χ1v) is 8.13. The molecule has 0 aromatic carbocycles. The minimum Gasteiger partial charge on any atom is -0.463 e. The number of hydrogen-bond acceptors (Lipinski definition) is 9. The highest BCUT2D eigenvalue weighted by molar-refractivity contribution is 5.71. The second-order valence-corrected chi connectivity index (χ2v) is 6.51. The smallest absolute Gasteiger partial charge is 0.308 e. The van der Waals surface area contributed by atoms with Gasteiger partial charge >= 0.3 is 5.97 Å². The van der Waals surface area contributed by atoms with Gasteiger partial charge in [-0.15, -0.1) is 0 Å². The Hall–Kier alpha value is -2.81. The van der Waals surface area contributed by atoms with E-state index in [-0.39, 0.29) is 23.6 Å². The number of rotatable bonds is 4. The van der Waals surface area contributed by atoms with Crippen LogP contribution >= 0.6 is 0 Å². The van der Waals surface area contributed by atoms with Crippen LogP contribution in [0.5, 0.6) is 0 Å². The molecule has 2 aromatic heterocycles. The molecular weight excluding hydrogens is 361 g/mol. The molecule has 3 heterocycles. The number of halogens is 1. The van der Waals surface area contributed by atoms with Crippen molar-refractivity contribution in [3.8, 4) is 6.07 Å². The number of aliphatic hydroxyl groups is 2. The number of nitrogen functional groups attached to an aromatic ring is 1. The average molecular weight is 379 g/mol. The lowest BCUT2D eigenvalue weighted by Crippen LogP contribution is -2.41. The summed E-state index contributed by atoms with van der Waals surface area (Å²) in [7, 11) is 0. The summed E-state index contributed by atoms with van der Waals surface area (Å²) in [5.41, 5.74) is 3.13. The first-order valence-electron chi connectivity index (χ1n) is 8.13. The van der Waals surface area contributed by atoms with Crippen LogP contribution in [0.2, 0.25) is 0 Å². The van der Waals surface area contributed by atoms with Gasteiger partial charge in [-0.1, -0.05) is 13.8 Å². The predicted octanol–water partition coefficient (Wildman–Crippen LogP) is -0.511. The fourth-order valence-corrected chi connectivity index (χ4v) is 2.93. The number of nitrogens with two attached hydrogens (primary N) is 1. The van der Waals surface area contributed by atoms with E-state index >= 15 is 0 Å². The topological polar surface area (TPSA) is 156 Å². The lowest BCUT2D eigenvalue weighted by molar-refractivity contribution is -0.154. The molecule has 11 heteroatoms. The van der Waals surface area contributed by atoms with Crippen LogP contribution in [0.25, 0.3) is 5.52 Å². The van der Waals surface area contributed by atoms with Crippen LogP contribution in [-0.2, 0) is 19.9 Å². The Morgan fingerprint density at radius 2 is 2.30 bits per heavy atom. The Labute approximate surface area is 152 Å². The van der Waals surface area contributed by atoms with Gasteiger partial charge < -0.3 is 25.4 Å². The van der Waals surface area contributed by atoms with Crippen LogP contribution in [-0.4, -0.2) is 55.7 Å². The maximum absolute atomic E-state index is 14.3. The molecule has 1 fully saturated rings. The predicted molar refractivity (Wildman–Crippen MR) is 87.3 cm³/mol. The summed E-state index contributed by atoms with van der Waals surface area (Å²) in [6.07, 6.45) is -3.46. The van der Waals surface area contributed by atoms with Crippen molar-refractivity contribution in [1.29, 1.82) is 5.26 Å². The minimum atomic E-state index is -2.15. The molecule has 1 saturated heterocycles. The van der Waals surface area contributed by atoms with Crippen molar-refractivity contribution in [2.75, 3.05) is 12.3 Å². The van der Waals surface area contributed by atoms with Gasteiger partial charge in [-0.25, -0.2) is 13.9 Å². The van der Waals surface area contributed by atoms with Gasteiger partial charge in [-0.3, -0.25) is 4.79 Å². The van der Waals surface area contributed by atoms with E-state index in [1.807, 2.05) is 0 Å². The molecule has 3 rings (SSSR count). The third-order valence-electron chi connectivity index (χ3n) is 4.40. The zero-order chi connectivity index (χ0) is 19.9. The van der Waals surface area contributed by atoms with Gasteiger partial charge in [0.15, 0.2) is 11.6 Å². The quantitative estimate of drug-likeness (QED) is 0.595. The molecule has 27 heavy (non-hydrogen) atoms. The summed E-state index contributed by atoms with van der Waals surface area (Å²) in [5, 5.41) is 34.4. The summed E-state index contributed by atoms with van der Waals surface area (Å²) in [6, 6.07) is 2.71. The molecule has 4 atom stereocenters. The van der Waals surface area contributed by atoms with Crippen LogP contribution in [0.15, 0.2) is 12.4 Å². The number of carbonyl (C=O) groups is 1. The fraction of sp³-hybridized carbons (Fsp3) is 0.500. The monoisotopic (exact) mass is 379 g/mol. The minimum absolute atomic E-state index is 0.169. The fourth-order valence-electron chi connectivity index (χ4n) is 2.93. The standard InChI is InChI=1S/C16H18FN5O5/c1-7(2)15(25)26-4-9-12(23)13(24)16(5-18,27-9)10-3-8(17)11-14(19)20-6-21-22(10)11/h3,6-7,9,12-13,23-24H,4H2,1-2H3,(H2,19,20,21)/t9-,12-,13-,16+/m1/s1. The molecule has 0 bridgehead atoms. The molecule has 0 saturated carbocycles. The largest absolute Gasteiger partial charge is 0.463 e.